The van der Waals surface area contributed by atoms with E-state index in [-0.39, 0.29) is 18.1 Å². The molecule has 2 fully saturated rings. The smallest absolute Gasteiger partial charge is 0.246 e. The van der Waals surface area contributed by atoms with E-state index in [1.807, 2.05) is 35.2 Å². The van der Waals surface area contributed by atoms with Gasteiger partial charge in [-0.15, -0.1) is 0 Å². The van der Waals surface area contributed by atoms with Gasteiger partial charge in [-0.25, -0.2) is 0 Å². The number of hydrogen-bond acceptors (Lipinski definition) is 4. The fourth-order valence-electron chi connectivity index (χ4n) is 3.90. The van der Waals surface area contributed by atoms with Crippen LogP contribution < -0.4 is 0 Å². The number of likely N-dealkylation sites (tertiary alicyclic amines) is 1. The molecule has 0 radical (unpaired) electrons. The minimum Gasteiger partial charge on any atom is -0.460 e. The second-order valence-corrected chi connectivity index (χ2v) is 6.92. The summed E-state index contributed by atoms with van der Waals surface area (Å²) in [6, 6.07) is 7.95. The van der Waals surface area contributed by atoms with Crippen LogP contribution in [0, 0.1) is 5.92 Å². The standard InChI is InChI=1S/C21H25NO4/c1-2-18-17(16-7-3-4-8-19(16)26-18)9-10-20(23)22-11-5-6-15(14-22)21-24-12-13-25-21/h3-4,7-10,15,21H,2,5-6,11-14H2,1H3/b10-9-/t15-/m0/s1. The highest BCUT2D eigenvalue weighted by Gasteiger charge is 2.32. The monoisotopic (exact) mass is 355 g/mol. The van der Waals surface area contributed by atoms with Gasteiger partial charge in [0.15, 0.2) is 6.29 Å². The lowest BCUT2D eigenvalue weighted by Crippen LogP contribution is -2.43. The first-order chi connectivity index (χ1) is 12.8. The van der Waals surface area contributed by atoms with E-state index < -0.39 is 0 Å². The van der Waals surface area contributed by atoms with Gasteiger partial charge in [-0.1, -0.05) is 25.1 Å². The average Bonchev–Trinajstić information content (AvgIpc) is 3.34. The van der Waals surface area contributed by atoms with Gasteiger partial charge >= 0.3 is 0 Å². The highest BCUT2D eigenvalue weighted by atomic mass is 16.7. The van der Waals surface area contributed by atoms with Crippen molar-refractivity contribution in [1.29, 1.82) is 0 Å². The summed E-state index contributed by atoms with van der Waals surface area (Å²) in [5, 5.41) is 1.05. The van der Waals surface area contributed by atoms with Gasteiger partial charge in [0, 0.05) is 42.5 Å². The van der Waals surface area contributed by atoms with Crippen molar-refractivity contribution in [2.75, 3.05) is 26.3 Å². The van der Waals surface area contributed by atoms with Gasteiger partial charge in [-0.2, -0.15) is 0 Å². The minimum absolute atomic E-state index is 0.0417. The topological polar surface area (TPSA) is 51.9 Å². The Labute approximate surface area is 153 Å². The van der Waals surface area contributed by atoms with Crippen molar-refractivity contribution in [2.24, 2.45) is 5.92 Å². The van der Waals surface area contributed by atoms with E-state index in [4.69, 9.17) is 13.9 Å². The summed E-state index contributed by atoms with van der Waals surface area (Å²) >= 11 is 0. The normalized spacial score (nSPS) is 21.9. The fourth-order valence-corrected chi connectivity index (χ4v) is 3.90. The van der Waals surface area contributed by atoms with Gasteiger partial charge < -0.3 is 18.8 Å². The van der Waals surface area contributed by atoms with Crippen LogP contribution in [0.2, 0.25) is 0 Å². The Hall–Kier alpha value is -2.11. The van der Waals surface area contributed by atoms with Crippen molar-refractivity contribution < 1.29 is 18.7 Å². The molecule has 0 spiro atoms. The second-order valence-electron chi connectivity index (χ2n) is 6.92. The van der Waals surface area contributed by atoms with Crippen molar-refractivity contribution in [3.05, 3.63) is 41.7 Å². The lowest BCUT2D eigenvalue weighted by molar-refractivity contribution is -0.134. The van der Waals surface area contributed by atoms with Gasteiger partial charge in [-0.05, 0) is 25.0 Å². The van der Waals surface area contributed by atoms with Crippen LogP contribution >= 0.6 is 0 Å². The van der Waals surface area contributed by atoms with Crippen LogP contribution in [0.4, 0.5) is 0 Å². The Bertz CT molecular complexity index is 803. The first-order valence-electron chi connectivity index (χ1n) is 9.47. The zero-order valence-corrected chi connectivity index (χ0v) is 15.1. The van der Waals surface area contributed by atoms with E-state index in [1.54, 1.807) is 6.08 Å². The van der Waals surface area contributed by atoms with E-state index in [1.165, 1.54) is 0 Å². The Kier molecular flexibility index (Phi) is 5.09. The maximum absolute atomic E-state index is 12.7. The summed E-state index contributed by atoms with van der Waals surface area (Å²) in [4.78, 5) is 14.6. The molecule has 1 aromatic heterocycles. The summed E-state index contributed by atoms with van der Waals surface area (Å²) in [7, 11) is 0. The number of rotatable bonds is 4. The summed E-state index contributed by atoms with van der Waals surface area (Å²) in [6.07, 6.45) is 6.26. The molecule has 2 aromatic rings. The van der Waals surface area contributed by atoms with Crippen molar-refractivity contribution in [3.8, 4) is 0 Å². The van der Waals surface area contributed by atoms with Crippen LogP contribution in [0.3, 0.4) is 0 Å². The SMILES string of the molecule is CCc1oc2ccccc2c1/C=C\C(=O)N1CCC[C@H](C2OCCO2)C1. The quantitative estimate of drug-likeness (QED) is 0.786. The lowest BCUT2D eigenvalue weighted by atomic mass is 9.97. The minimum atomic E-state index is -0.154. The molecule has 0 bridgehead atoms. The molecule has 2 aliphatic rings. The number of ether oxygens (including phenoxy) is 2. The molecule has 3 heterocycles. The molecular weight excluding hydrogens is 330 g/mol. The third kappa shape index (κ3) is 3.41. The number of carbonyl (C=O) groups is 1. The van der Waals surface area contributed by atoms with Gasteiger partial charge in [0.2, 0.25) is 5.91 Å². The highest BCUT2D eigenvalue weighted by Crippen LogP contribution is 2.28. The molecule has 5 heteroatoms. The number of hydrogen-bond donors (Lipinski definition) is 0. The molecule has 26 heavy (non-hydrogen) atoms. The molecule has 2 saturated heterocycles. The van der Waals surface area contributed by atoms with Gasteiger partial charge in [0.25, 0.3) is 0 Å². The maximum Gasteiger partial charge on any atom is 0.246 e. The van der Waals surface area contributed by atoms with Gasteiger partial charge in [0.1, 0.15) is 11.3 Å². The van der Waals surface area contributed by atoms with E-state index in [2.05, 4.69) is 6.92 Å². The molecule has 1 aromatic carbocycles. The zero-order chi connectivity index (χ0) is 17.9. The maximum atomic E-state index is 12.7. The molecule has 4 rings (SSSR count). The van der Waals surface area contributed by atoms with Crippen molar-refractivity contribution >= 4 is 23.0 Å². The number of para-hydroxylation sites is 1. The van der Waals surface area contributed by atoms with E-state index in [9.17, 15) is 4.79 Å². The number of aryl methyl sites for hydroxylation is 1. The predicted molar refractivity (Wildman–Crippen MR) is 99.6 cm³/mol. The number of furan rings is 1. The van der Waals surface area contributed by atoms with Gasteiger partial charge in [0.05, 0.1) is 13.2 Å². The average molecular weight is 355 g/mol. The number of amides is 1. The number of carbonyl (C=O) groups excluding carboxylic acids is 1. The lowest BCUT2D eigenvalue weighted by Gasteiger charge is -2.34. The Morgan fingerprint density at radius 3 is 2.88 bits per heavy atom. The highest BCUT2D eigenvalue weighted by molar-refractivity contribution is 5.96. The fraction of sp³-hybridized carbons (Fsp3) is 0.476. The van der Waals surface area contributed by atoms with Gasteiger partial charge in [-0.3, -0.25) is 4.79 Å². The molecule has 1 amide bonds. The Balaban J connectivity index is 1.49. The molecule has 2 aliphatic heterocycles. The number of fused-ring (bicyclic) bond motifs is 1. The van der Waals surface area contributed by atoms with Crippen LogP contribution in [0.15, 0.2) is 34.8 Å². The summed E-state index contributed by atoms with van der Waals surface area (Å²) < 4.78 is 17.2. The molecule has 0 N–H and O–H groups in total. The first kappa shape index (κ1) is 17.3. The molecule has 0 aliphatic carbocycles. The molecular formula is C21H25NO4. The molecule has 138 valence electrons. The second kappa shape index (κ2) is 7.64. The molecule has 0 unspecified atom stereocenters. The van der Waals surface area contributed by atoms with Crippen LogP contribution in [0.25, 0.3) is 17.0 Å². The number of piperidine rings is 1. The predicted octanol–water partition coefficient (Wildman–Crippen LogP) is 3.62. The van der Waals surface area contributed by atoms with Crippen LogP contribution in [0.5, 0.6) is 0 Å². The van der Waals surface area contributed by atoms with Crippen molar-refractivity contribution in [1.82, 2.24) is 4.90 Å². The summed E-state index contributed by atoms with van der Waals surface area (Å²) in [5.74, 6) is 1.23. The van der Waals surface area contributed by atoms with Crippen molar-refractivity contribution in [3.63, 3.8) is 0 Å². The molecule has 1 atom stereocenters. The largest absolute Gasteiger partial charge is 0.460 e. The molecule has 0 saturated carbocycles. The van der Waals surface area contributed by atoms with Crippen LogP contribution in [-0.4, -0.2) is 43.4 Å². The van der Waals surface area contributed by atoms with Crippen LogP contribution in [-0.2, 0) is 20.7 Å². The number of benzene rings is 1. The number of nitrogens with zero attached hydrogens (tertiary/aromatic N) is 1. The van der Waals surface area contributed by atoms with E-state index >= 15 is 0 Å². The summed E-state index contributed by atoms with van der Waals surface area (Å²) in [5.41, 5.74) is 1.87. The summed E-state index contributed by atoms with van der Waals surface area (Å²) in [6.45, 7) is 4.86. The van der Waals surface area contributed by atoms with Crippen LogP contribution in [0.1, 0.15) is 31.1 Å². The van der Waals surface area contributed by atoms with E-state index in [0.717, 1.165) is 48.1 Å². The van der Waals surface area contributed by atoms with Crippen molar-refractivity contribution in [2.45, 2.75) is 32.5 Å². The Morgan fingerprint density at radius 2 is 2.08 bits per heavy atom. The molecule has 5 nitrogen and oxygen atoms in total. The third-order valence-electron chi connectivity index (χ3n) is 5.23. The van der Waals surface area contributed by atoms with E-state index in [0.29, 0.717) is 19.8 Å². The Morgan fingerprint density at radius 1 is 1.27 bits per heavy atom. The third-order valence-corrected chi connectivity index (χ3v) is 5.23. The first-order valence-corrected chi connectivity index (χ1v) is 9.47. The zero-order valence-electron chi connectivity index (χ0n) is 15.1.